The zero-order chi connectivity index (χ0) is 15.5. The maximum absolute atomic E-state index is 12.5. The molecule has 5 nitrogen and oxygen atoms in total. The number of carbonyl (C=O) groups excluding carboxylic acids is 1. The summed E-state index contributed by atoms with van der Waals surface area (Å²) in [6.45, 7) is 6.01. The van der Waals surface area contributed by atoms with Crippen LogP contribution in [0.1, 0.15) is 38.6 Å². The Hall–Kier alpha value is -1.30. The van der Waals surface area contributed by atoms with Crippen LogP contribution in [0.25, 0.3) is 11.0 Å². The molecule has 0 saturated carbocycles. The first kappa shape index (κ1) is 20.7. The number of imidazole rings is 1. The van der Waals surface area contributed by atoms with Crippen LogP contribution in [0.4, 0.5) is 0 Å². The average molecular weight is 373 g/mol. The zero-order valence-corrected chi connectivity index (χ0v) is 15.7. The van der Waals surface area contributed by atoms with Gasteiger partial charge in [-0.3, -0.25) is 4.79 Å². The Morgan fingerprint density at radius 2 is 2.04 bits per heavy atom. The summed E-state index contributed by atoms with van der Waals surface area (Å²) in [5.41, 5.74) is 1.95. The van der Waals surface area contributed by atoms with Gasteiger partial charge < -0.3 is 15.6 Å². The van der Waals surface area contributed by atoms with Crippen LogP contribution in [0.3, 0.4) is 0 Å². The molecule has 24 heavy (non-hydrogen) atoms. The van der Waals surface area contributed by atoms with Gasteiger partial charge in [0.05, 0.1) is 23.0 Å². The Balaban J connectivity index is 0.00000144. The first-order valence-electron chi connectivity index (χ1n) is 8.11. The van der Waals surface area contributed by atoms with Gasteiger partial charge >= 0.3 is 0 Å². The number of benzene rings is 1. The summed E-state index contributed by atoms with van der Waals surface area (Å²) < 4.78 is 0. The van der Waals surface area contributed by atoms with Gasteiger partial charge in [0.25, 0.3) is 0 Å². The van der Waals surface area contributed by atoms with E-state index in [-0.39, 0.29) is 48.6 Å². The highest BCUT2D eigenvalue weighted by Crippen LogP contribution is 2.23. The number of hydrogen-bond donors (Lipinski definition) is 3. The number of nitrogens with one attached hydrogen (secondary N) is 3. The second-order valence-electron chi connectivity index (χ2n) is 6.41. The minimum Gasteiger partial charge on any atom is -0.346 e. The van der Waals surface area contributed by atoms with Crippen LogP contribution in [0.5, 0.6) is 0 Å². The van der Waals surface area contributed by atoms with Crippen LogP contribution >= 0.6 is 24.8 Å². The van der Waals surface area contributed by atoms with Crippen LogP contribution in [-0.2, 0) is 4.79 Å². The second kappa shape index (κ2) is 9.25. The van der Waals surface area contributed by atoms with Crippen molar-refractivity contribution >= 4 is 41.8 Å². The van der Waals surface area contributed by atoms with E-state index in [0.717, 1.165) is 42.8 Å². The van der Waals surface area contributed by atoms with E-state index < -0.39 is 0 Å². The number of hydrogen-bond acceptors (Lipinski definition) is 3. The van der Waals surface area contributed by atoms with E-state index in [1.165, 1.54) is 0 Å². The number of halogens is 2. The highest BCUT2D eigenvalue weighted by molar-refractivity contribution is 5.85. The highest BCUT2D eigenvalue weighted by atomic mass is 35.5. The Morgan fingerprint density at radius 3 is 2.67 bits per heavy atom. The molecule has 0 radical (unpaired) electrons. The Kier molecular flexibility index (Phi) is 8.00. The van der Waals surface area contributed by atoms with E-state index in [1.807, 2.05) is 24.3 Å². The summed E-state index contributed by atoms with van der Waals surface area (Å²) in [5.74, 6) is 1.32. The average Bonchev–Trinajstić information content (AvgIpc) is 2.96. The van der Waals surface area contributed by atoms with Gasteiger partial charge in [-0.2, -0.15) is 0 Å². The van der Waals surface area contributed by atoms with Gasteiger partial charge in [-0.25, -0.2) is 4.98 Å². The Morgan fingerprint density at radius 1 is 1.29 bits per heavy atom. The first-order valence-corrected chi connectivity index (χ1v) is 8.11. The number of rotatable bonds is 4. The molecule has 1 aromatic carbocycles. The van der Waals surface area contributed by atoms with E-state index in [0.29, 0.717) is 0 Å². The molecule has 2 aromatic rings. The maximum Gasteiger partial charge on any atom is 0.224 e. The Labute approximate surface area is 155 Å². The lowest BCUT2D eigenvalue weighted by Gasteiger charge is -2.26. The molecule has 2 heterocycles. The van der Waals surface area contributed by atoms with Crippen molar-refractivity contribution in [3.8, 4) is 0 Å². The number of piperidine rings is 1. The molecule has 1 aliphatic rings. The molecule has 1 aliphatic heterocycles. The summed E-state index contributed by atoms with van der Waals surface area (Å²) in [7, 11) is 0. The molecule has 134 valence electrons. The molecule has 7 heteroatoms. The van der Waals surface area contributed by atoms with Gasteiger partial charge in [-0.15, -0.1) is 24.8 Å². The van der Waals surface area contributed by atoms with E-state index >= 15 is 0 Å². The maximum atomic E-state index is 12.5. The van der Waals surface area contributed by atoms with Crippen molar-refractivity contribution in [2.45, 2.75) is 32.7 Å². The van der Waals surface area contributed by atoms with Crippen molar-refractivity contribution in [1.29, 1.82) is 0 Å². The highest BCUT2D eigenvalue weighted by Gasteiger charge is 2.27. The second-order valence-corrected chi connectivity index (χ2v) is 6.41. The third-order valence-corrected chi connectivity index (χ3v) is 4.33. The third kappa shape index (κ3) is 4.62. The van der Waals surface area contributed by atoms with Crippen molar-refractivity contribution in [2.24, 2.45) is 11.8 Å². The monoisotopic (exact) mass is 372 g/mol. The molecule has 1 fully saturated rings. The fourth-order valence-electron chi connectivity index (χ4n) is 3.02. The van der Waals surface area contributed by atoms with Crippen molar-refractivity contribution in [3.63, 3.8) is 0 Å². The van der Waals surface area contributed by atoms with Crippen LogP contribution < -0.4 is 10.6 Å². The van der Waals surface area contributed by atoms with E-state index in [1.54, 1.807) is 0 Å². The molecular formula is C17H26Cl2N4O. The van der Waals surface area contributed by atoms with Gasteiger partial charge in [0.1, 0.15) is 5.82 Å². The number of carbonyl (C=O) groups is 1. The lowest BCUT2D eigenvalue weighted by molar-refractivity contribution is -0.126. The minimum atomic E-state index is -0.0816. The normalized spacial score (nSPS) is 18.5. The number of nitrogens with zero attached hydrogens (tertiary/aromatic N) is 1. The van der Waals surface area contributed by atoms with Crippen LogP contribution in [0, 0.1) is 11.8 Å². The molecule has 1 amide bonds. The molecule has 2 unspecified atom stereocenters. The smallest absolute Gasteiger partial charge is 0.224 e. The standard InChI is InChI=1S/C17H24N4O.2ClH/c1-11(2)15(21-17(22)12-6-5-9-18-10-12)16-19-13-7-3-4-8-14(13)20-16;;/h3-4,7-8,11-12,15,18H,5-6,9-10H2,1-2H3,(H,19,20)(H,21,22);2*1H. The molecule has 1 aromatic heterocycles. The van der Waals surface area contributed by atoms with Crippen molar-refractivity contribution < 1.29 is 4.79 Å². The number of fused-ring (bicyclic) bond motifs is 1. The predicted octanol–water partition coefficient (Wildman–Crippen LogP) is 3.22. The molecule has 0 bridgehead atoms. The van der Waals surface area contributed by atoms with Crippen molar-refractivity contribution in [1.82, 2.24) is 20.6 Å². The minimum absolute atomic E-state index is 0. The van der Waals surface area contributed by atoms with E-state index in [4.69, 9.17) is 0 Å². The molecule has 3 N–H and O–H groups in total. The number of aromatic amines is 1. The summed E-state index contributed by atoms with van der Waals surface area (Å²) in [4.78, 5) is 20.5. The molecule has 1 saturated heterocycles. The molecule has 0 aliphatic carbocycles. The fourth-order valence-corrected chi connectivity index (χ4v) is 3.02. The Bertz CT molecular complexity index is 620. The summed E-state index contributed by atoms with van der Waals surface area (Å²) in [6.07, 6.45) is 2.03. The van der Waals surface area contributed by atoms with Crippen LogP contribution in [0.15, 0.2) is 24.3 Å². The van der Waals surface area contributed by atoms with Gasteiger partial charge in [0.15, 0.2) is 0 Å². The largest absolute Gasteiger partial charge is 0.346 e. The molecule has 2 atom stereocenters. The quantitative estimate of drug-likeness (QED) is 0.771. The first-order chi connectivity index (χ1) is 10.6. The number of H-pyrrole nitrogens is 1. The summed E-state index contributed by atoms with van der Waals surface area (Å²) >= 11 is 0. The van der Waals surface area contributed by atoms with Gasteiger partial charge in [-0.1, -0.05) is 26.0 Å². The predicted molar refractivity (Wildman–Crippen MR) is 102 cm³/mol. The molecular weight excluding hydrogens is 347 g/mol. The molecule has 3 rings (SSSR count). The van der Waals surface area contributed by atoms with E-state index in [2.05, 4.69) is 34.4 Å². The van der Waals surface area contributed by atoms with Gasteiger partial charge in [0, 0.05) is 6.54 Å². The third-order valence-electron chi connectivity index (χ3n) is 4.33. The zero-order valence-electron chi connectivity index (χ0n) is 14.0. The summed E-state index contributed by atoms with van der Waals surface area (Å²) in [6, 6.07) is 7.88. The SMILES string of the molecule is CC(C)C(NC(=O)C1CCCNC1)c1nc2ccccc2[nH]1.Cl.Cl. The number of para-hydroxylation sites is 2. The van der Waals surface area contributed by atoms with Gasteiger partial charge in [-0.05, 0) is 37.4 Å². The lowest BCUT2D eigenvalue weighted by atomic mass is 9.97. The van der Waals surface area contributed by atoms with Crippen molar-refractivity contribution in [2.75, 3.05) is 13.1 Å². The van der Waals surface area contributed by atoms with E-state index in [9.17, 15) is 4.79 Å². The molecule has 0 spiro atoms. The van der Waals surface area contributed by atoms with Crippen LogP contribution in [-0.4, -0.2) is 29.0 Å². The van der Waals surface area contributed by atoms with Crippen molar-refractivity contribution in [3.05, 3.63) is 30.1 Å². The topological polar surface area (TPSA) is 69.8 Å². The lowest BCUT2D eigenvalue weighted by Crippen LogP contribution is -2.43. The summed E-state index contributed by atoms with van der Waals surface area (Å²) in [5, 5.41) is 6.49. The van der Waals surface area contributed by atoms with Gasteiger partial charge in [0.2, 0.25) is 5.91 Å². The number of aromatic nitrogens is 2. The van der Waals surface area contributed by atoms with Crippen LogP contribution in [0.2, 0.25) is 0 Å². The number of amides is 1. The fraction of sp³-hybridized carbons (Fsp3) is 0.529.